The van der Waals surface area contributed by atoms with Gasteiger partial charge in [0.1, 0.15) is 0 Å². The average Bonchev–Trinajstić information content (AvgIpc) is 2.67. The normalized spacial score (nSPS) is 25.4. The molecule has 1 aromatic rings. The molecule has 1 amide bonds. The Morgan fingerprint density at radius 2 is 1.71 bits per heavy atom. The molecule has 2 fully saturated rings. The SMILES string of the molecule is CC1CN(Cc2ccc(CNC(=O)CC3(CN)CCCCC3)cc2)CC(C)O1. The summed E-state index contributed by atoms with van der Waals surface area (Å²) >= 11 is 0. The second-order valence-electron chi connectivity index (χ2n) is 8.99. The van der Waals surface area contributed by atoms with Crippen LogP contribution in [0, 0.1) is 5.41 Å². The summed E-state index contributed by atoms with van der Waals surface area (Å²) in [5, 5.41) is 3.10. The summed E-state index contributed by atoms with van der Waals surface area (Å²) in [7, 11) is 0. The first-order valence-electron chi connectivity index (χ1n) is 10.9. The fraction of sp³-hybridized carbons (Fsp3) is 0.696. The van der Waals surface area contributed by atoms with Crippen molar-refractivity contribution in [2.24, 2.45) is 11.1 Å². The number of hydrogen-bond acceptors (Lipinski definition) is 4. The van der Waals surface area contributed by atoms with Crippen LogP contribution in [0.2, 0.25) is 0 Å². The van der Waals surface area contributed by atoms with Gasteiger partial charge in [0.2, 0.25) is 5.91 Å². The maximum absolute atomic E-state index is 12.5. The lowest BCUT2D eigenvalue weighted by molar-refractivity contribution is -0.124. The summed E-state index contributed by atoms with van der Waals surface area (Å²) in [5.74, 6) is 0.132. The highest BCUT2D eigenvalue weighted by molar-refractivity contribution is 5.76. The van der Waals surface area contributed by atoms with Crippen LogP contribution in [0.25, 0.3) is 0 Å². The predicted octanol–water partition coefficient (Wildman–Crippen LogP) is 3.21. The number of nitrogens with one attached hydrogen (secondary N) is 1. The van der Waals surface area contributed by atoms with Gasteiger partial charge in [-0.2, -0.15) is 0 Å². The van der Waals surface area contributed by atoms with Gasteiger partial charge in [-0.25, -0.2) is 0 Å². The Morgan fingerprint density at radius 1 is 1.11 bits per heavy atom. The van der Waals surface area contributed by atoms with Gasteiger partial charge < -0.3 is 15.8 Å². The number of amides is 1. The molecule has 0 bridgehead atoms. The second kappa shape index (κ2) is 9.86. The van der Waals surface area contributed by atoms with Crippen LogP contribution in [0.1, 0.15) is 63.5 Å². The Morgan fingerprint density at radius 3 is 2.32 bits per heavy atom. The topological polar surface area (TPSA) is 67.6 Å². The van der Waals surface area contributed by atoms with Gasteiger partial charge in [0.15, 0.2) is 0 Å². The standard InChI is InChI=1S/C23H37N3O2/c1-18-14-26(15-19(2)28-18)16-21-8-6-20(7-9-21)13-25-22(27)12-23(17-24)10-4-3-5-11-23/h6-9,18-19H,3-5,10-17,24H2,1-2H3,(H,25,27). The molecule has 3 rings (SSSR count). The van der Waals surface area contributed by atoms with Gasteiger partial charge in [-0.3, -0.25) is 9.69 Å². The third-order valence-corrected chi connectivity index (χ3v) is 6.30. The van der Waals surface area contributed by atoms with Gasteiger partial charge in [0.05, 0.1) is 12.2 Å². The van der Waals surface area contributed by atoms with Crippen molar-refractivity contribution in [2.45, 2.75) is 77.7 Å². The van der Waals surface area contributed by atoms with Gasteiger partial charge in [-0.05, 0) is 49.8 Å². The maximum Gasteiger partial charge on any atom is 0.220 e. The zero-order valence-electron chi connectivity index (χ0n) is 17.6. The molecule has 5 nitrogen and oxygen atoms in total. The summed E-state index contributed by atoms with van der Waals surface area (Å²) in [4.78, 5) is 14.9. The molecule has 0 radical (unpaired) electrons. The van der Waals surface area contributed by atoms with E-state index < -0.39 is 0 Å². The molecule has 2 aliphatic rings. The molecular formula is C23H37N3O2. The first-order chi connectivity index (χ1) is 13.5. The first-order valence-corrected chi connectivity index (χ1v) is 10.9. The van der Waals surface area contributed by atoms with Crippen LogP contribution in [-0.4, -0.2) is 42.6 Å². The molecule has 0 aromatic heterocycles. The number of benzene rings is 1. The van der Waals surface area contributed by atoms with Crippen LogP contribution in [0.4, 0.5) is 0 Å². The van der Waals surface area contributed by atoms with Crippen LogP contribution in [-0.2, 0) is 22.6 Å². The summed E-state index contributed by atoms with van der Waals surface area (Å²) in [6.07, 6.45) is 7.00. The average molecular weight is 388 g/mol. The zero-order chi connectivity index (χ0) is 20.0. The van der Waals surface area contributed by atoms with E-state index in [0.29, 0.717) is 31.7 Å². The Balaban J connectivity index is 1.45. The van der Waals surface area contributed by atoms with E-state index >= 15 is 0 Å². The molecule has 1 saturated carbocycles. The molecule has 156 valence electrons. The molecule has 5 heteroatoms. The Kier molecular flexibility index (Phi) is 7.49. The Bertz CT molecular complexity index is 615. The minimum Gasteiger partial charge on any atom is -0.373 e. The van der Waals surface area contributed by atoms with Gasteiger partial charge in [-0.15, -0.1) is 0 Å². The van der Waals surface area contributed by atoms with Crippen LogP contribution >= 0.6 is 0 Å². The molecule has 1 aliphatic carbocycles. The van der Waals surface area contributed by atoms with E-state index in [0.717, 1.165) is 38.0 Å². The minimum absolute atomic E-state index is 0.0264. The van der Waals surface area contributed by atoms with Gasteiger partial charge in [0, 0.05) is 32.6 Å². The molecule has 3 N–H and O–H groups in total. The van der Waals surface area contributed by atoms with Crippen LogP contribution in [0.3, 0.4) is 0 Å². The van der Waals surface area contributed by atoms with E-state index in [2.05, 4.69) is 48.3 Å². The first kappa shape index (κ1) is 21.3. The number of nitrogens with zero attached hydrogens (tertiary/aromatic N) is 1. The van der Waals surface area contributed by atoms with Crippen molar-refractivity contribution in [2.75, 3.05) is 19.6 Å². The van der Waals surface area contributed by atoms with Crippen LogP contribution in [0.15, 0.2) is 24.3 Å². The fourth-order valence-corrected chi connectivity index (χ4v) is 4.79. The van der Waals surface area contributed by atoms with Gasteiger partial charge in [0.25, 0.3) is 0 Å². The third kappa shape index (κ3) is 6.03. The lowest BCUT2D eigenvalue weighted by Crippen LogP contribution is -2.44. The largest absolute Gasteiger partial charge is 0.373 e. The van der Waals surface area contributed by atoms with Crippen molar-refractivity contribution in [3.05, 3.63) is 35.4 Å². The van der Waals surface area contributed by atoms with E-state index in [1.807, 2.05) is 0 Å². The summed E-state index contributed by atoms with van der Waals surface area (Å²) in [5.41, 5.74) is 8.49. The summed E-state index contributed by atoms with van der Waals surface area (Å²) in [6.45, 7) is 8.38. The highest BCUT2D eigenvalue weighted by Crippen LogP contribution is 2.38. The highest BCUT2D eigenvalue weighted by Gasteiger charge is 2.32. The van der Waals surface area contributed by atoms with E-state index in [-0.39, 0.29) is 11.3 Å². The number of nitrogens with two attached hydrogens (primary N) is 1. The molecular weight excluding hydrogens is 350 g/mol. The van der Waals surface area contributed by atoms with Gasteiger partial charge in [-0.1, -0.05) is 43.5 Å². The molecule has 1 heterocycles. The molecule has 28 heavy (non-hydrogen) atoms. The molecule has 2 atom stereocenters. The minimum atomic E-state index is 0.0264. The number of ether oxygens (including phenoxy) is 1. The molecule has 2 unspecified atom stereocenters. The Hall–Kier alpha value is -1.43. The van der Waals surface area contributed by atoms with Crippen molar-refractivity contribution in [1.82, 2.24) is 10.2 Å². The zero-order valence-corrected chi connectivity index (χ0v) is 17.6. The Labute approximate surface area is 170 Å². The predicted molar refractivity (Wildman–Crippen MR) is 113 cm³/mol. The van der Waals surface area contributed by atoms with Crippen molar-refractivity contribution in [3.8, 4) is 0 Å². The number of morpholine rings is 1. The lowest BCUT2D eigenvalue weighted by Gasteiger charge is -2.35. The highest BCUT2D eigenvalue weighted by atomic mass is 16.5. The third-order valence-electron chi connectivity index (χ3n) is 6.30. The molecule has 1 saturated heterocycles. The van der Waals surface area contributed by atoms with E-state index in [1.165, 1.54) is 24.8 Å². The van der Waals surface area contributed by atoms with E-state index in [4.69, 9.17) is 10.5 Å². The van der Waals surface area contributed by atoms with E-state index in [9.17, 15) is 4.79 Å². The number of hydrogen-bond donors (Lipinski definition) is 2. The van der Waals surface area contributed by atoms with Gasteiger partial charge >= 0.3 is 0 Å². The van der Waals surface area contributed by atoms with Crippen molar-refractivity contribution in [1.29, 1.82) is 0 Å². The summed E-state index contributed by atoms with van der Waals surface area (Å²) < 4.78 is 5.81. The van der Waals surface area contributed by atoms with Crippen molar-refractivity contribution in [3.63, 3.8) is 0 Å². The van der Waals surface area contributed by atoms with Crippen molar-refractivity contribution < 1.29 is 9.53 Å². The lowest BCUT2D eigenvalue weighted by atomic mass is 9.71. The number of rotatable bonds is 7. The maximum atomic E-state index is 12.5. The molecule has 0 spiro atoms. The monoisotopic (exact) mass is 387 g/mol. The van der Waals surface area contributed by atoms with Crippen LogP contribution in [0.5, 0.6) is 0 Å². The van der Waals surface area contributed by atoms with E-state index in [1.54, 1.807) is 0 Å². The molecule has 1 aromatic carbocycles. The quantitative estimate of drug-likeness (QED) is 0.754. The van der Waals surface area contributed by atoms with Crippen LogP contribution < -0.4 is 11.1 Å². The second-order valence-corrected chi connectivity index (χ2v) is 8.99. The number of carbonyl (C=O) groups excluding carboxylic acids is 1. The number of carbonyl (C=O) groups is 1. The van der Waals surface area contributed by atoms with Crippen molar-refractivity contribution >= 4 is 5.91 Å². The fourth-order valence-electron chi connectivity index (χ4n) is 4.79. The smallest absolute Gasteiger partial charge is 0.220 e. The summed E-state index contributed by atoms with van der Waals surface area (Å²) in [6, 6.07) is 8.61. The molecule has 1 aliphatic heterocycles.